The summed E-state index contributed by atoms with van der Waals surface area (Å²) in [6.07, 6.45) is 0. The Morgan fingerprint density at radius 3 is 1.94 bits per heavy atom. The Balaban J connectivity index is 1.14. The molecule has 0 unspecified atom stereocenters. The second-order valence-electron chi connectivity index (χ2n) is 12.8. The number of benzene rings is 8. The second-order valence-corrected chi connectivity index (χ2v) is 12.8. The number of hydrogen-bond acceptors (Lipinski definition) is 3. The standard InChI is InChI=1S/C47H31N3O/c1-4-14-34(15-5-1)47-48-40-31-28-33-16-12-22-38(44(33)46(40)51-47)32-26-29-37(30-27-32)49(35-17-6-2-7-18-35)42-24-13-25-43-45(42)39-21-10-11-23-41(39)50(43)36-19-8-3-9-20-36/h1-31H. The van der Waals surface area contributed by atoms with E-state index >= 15 is 0 Å². The van der Waals surface area contributed by atoms with Crippen molar-refractivity contribution in [2.75, 3.05) is 4.90 Å². The van der Waals surface area contributed by atoms with Gasteiger partial charge in [0.25, 0.3) is 0 Å². The van der Waals surface area contributed by atoms with Crippen molar-refractivity contribution in [1.82, 2.24) is 9.55 Å². The Hall–Kier alpha value is -6.91. The van der Waals surface area contributed by atoms with Crippen LogP contribution in [0.25, 0.3) is 71.9 Å². The van der Waals surface area contributed by atoms with E-state index in [1.54, 1.807) is 0 Å². The van der Waals surface area contributed by atoms with Crippen molar-refractivity contribution in [3.05, 3.63) is 188 Å². The molecule has 4 nitrogen and oxygen atoms in total. The Labute approximate surface area is 295 Å². The van der Waals surface area contributed by atoms with Crippen molar-refractivity contribution in [3.63, 3.8) is 0 Å². The zero-order valence-electron chi connectivity index (χ0n) is 27.6. The monoisotopic (exact) mass is 653 g/mol. The minimum atomic E-state index is 0.629. The van der Waals surface area contributed by atoms with Crippen LogP contribution in [-0.4, -0.2) is 9.55 Å². The summed E-state index contributed by atoms with van der Waals surface area (Å²) < 4.78 is 8.87. The third-order valence-corrected chi connectivity index (χ3v) is 9.80. The van der Waals surface area contributed by atoms with Crippen LogP contribution in [0.2, 0.25) is 0 Å². The first-order valence-electron chi connectivity index (χ1n) is 17.2. The topological polar surface area (TPSA) is 34.2 Å². The van der Waals surface area contributed by atoms with Gasteiger partial charge in [-0.15, -0.1) is 0 Å². The van der Waals surface area contributed by atoms with E-state index < -0.39 is 0 Å². The van der Waals surface area contributed by atoms with Gasteiger partial charge in [0.05, 0.1) is 16.7 Å². The molecule has 0 aliphatic heterocycles. The average Bonchev–Trinajstić information content (AvgIpc) is 3.80. The molecule has 4 heteroatoms. The summed E-state index contributed by atoms with van der Waals surface area (Å²) in [4.78, 5) is 7.24. The Kier molecular flexibility index (Phi) is 6.78. The fourth-order valence-corrected chi connectivity index (χ4v) is 7.54. The summed E-state index contributed by atoms with van der Waals surface area (Å²) in [5.74, 6) is 0.629. The molecule has 10 aromatic rings. The lowest BCUT2D eigenvalue weighted by molar-refractivity contribution is 0.623. The molecule has 0 radical (unpaired) electrons. The predicted octanol–water partition coefficient (Wildman–Crippen LogP) is 12.9. The lowest BCUT2D eigenvalue weighted by Crippen LogP contribution is -2.10. The third-order valence-electron chi connectivity index (χ3n) is 9.80. The van der Waals surface area contributed by atoms with E-state index in [4.69, 9.17) is 9.40 Å². The maximum atomic E-state index is 6.50. The van der Waals surface area contributed by atoms with Crippen LogP contribution in [0.4, 0.5) is 17.1 Å². The fourth-order valence-electron chi connectivity index (χ4n) is 7.54. The molecule has 2 aromatic heterocycles. The van der Waals surface area contributed by atoms with Crippen LogP contribution in [0.15, 0.2) is 192 Å². The van der Waals surface area contributed by atoms with Gasteiger partial charge in [-0.2, -0.15) is 0 Å². The van der Waals surface area contributed by atoms with Crippen LogP contribution in [0.3, 0.4) is 0 Å². The molecular formula is C47H31N3O. The molecule has 8 aromatic carbocycles. The molecular weight excluding hydrogens is 623 g/mol. The average molecular weight is 654 g/mol. The lowest BCUT2D eigenvalue weighted by Gasteiger charge is -2.26. The fraction of sp³-hybridized carbons (Fsp3) is 0. The zero-order valence-corrected chi connectivity index (χ0v) is 27.6. The highest BCUT2D eigenvalue weighted by atomic mass is 16.3. The van der Waals surface area contributed by atoms with Crippen LogP contribution < -0.4 is 4.90 Å². The molecule has 0 saturated carbocycles. The van der Waals surface area contributed by atoms with Gasteiger partial charge in [-0.25, -0.2) is 4.98 Å². The molecule has 0 spiro atoms. The van der Waals surface area contributed by atoms with Crippen molar-refractivity contribution < 1.29 is 4.42 Å². The molecule has 0 atom stereocenters. The molecule has 0 saturated heterocycles. The predicted molar refractivity (Wildman–Crippen MR) is 211 cm³/mol. The van der Waals surface area contributed by atoms with Gasteiger partial charge in [-0.1, -0.05) is 115 Å². The third kappa shape index (κ3) is 4.80. The van der Waals surface area contributed by atoms with E-state index in [2.05, 4.69) is 161 Å². The van der Waals surface area contributed by atoms with E-state index in [0.717, 1.165) is 61.3 Å². The van der Waals surface area contributed by atoms with Crippen LogP contribution in [0, 0.1) is 0 Å². The van der Waals surface area contributed by atoms with Crippen molar-refractivity contribution >= 4 is 60.7 Å². The van der Waals surface area contributed by atoms with E-state index in [-0.39, 0.29) is 0 Å². The second kappa shape index (κ2) is 11.9. The van der Waals surface area contributed by atoms with Gasteiger partial charge in [0.1, 0.15) is 5.52 Å². The lowest BCUT2D eigenvalue weighted by atomic mass is 9.97. The van der Waals surface area contributed by atoms with Crippen LogP contribution in [-0.2, 0) is 0 Å². The summed E-state index contributed by atoms with van der Waals surface area (Å²) in [5, 5.41) is 4.61. The van der Waals surface area contributed by atoms with Crippen LogP contribution in [0.1, 0.15) is 0 Å². The van der Waals surface area contributed by atoms with Gasteiger partial charge >= 0.3 is 0 Å². The van der Waals surface area contributed by atoms with Crippen molar-refractivity contribution in [2.24, 2.45) is 0 Å². The molecule has 10 rings (SSSR count). The molecule has 0 fully saturated rings. The van der Waals surface area contributed by atoms with Gasteiger partial charge in [0.2, 0.25) is 5.89 Å². The highest BCUT2D eigenvalue weighted by Crippen LogP contribution is 2.44. The number of fused-ring (bicyclic) bond motifs is 6. The summed E-state index contributed by atoms with van der Waals surface area (Å²) >= 11 is 0. The molecule has 240 valence electrons. The van der Waals surface area contributed by atoms with E-state index in [1.165, 1.54) is 21.8 Å². The van der Waals surface area contributed by atoms with Crippen molar-refractivity contribution in [3.8, 4) is 28.3 Å². The molecule has 0 N–H and O–H groups in total. The SMILES string of the molecule is c1ccc(-c2nc3ccc4cccc(-c5ccc(N(c6ccccc6)c6cccc7c6c6ccccc6n7-c6ccccc6)cc5)c4c3o2)cc1. The number of rotatable bonds is 6. The molecule has 0 bridgehead atoms. The Bertz CT molecular complexity index is 2840. The maximum Gasteiger partial charge on any atom is 0.227 e. The van der Waals surface area contributed by atoms with Crippen molar-refractivity contribution in [2.45, 2.75) is 0 Å². The summed E-state index contributed by atoms with van der Waals surface area (Å²) in [5.41, 5.74) is 11.6. The van der Waals surface area contributed by atoms with Gasteiger partial charge in [-0.05, 0) is 89.3 Å². The summed E-state index contributed by atoms with van der Waals surface area (Å²) in [6.45, 7) is 0. The maximum absolute atomic E-state index is 6.50. The summed E-state index contributed by atoms with van der Waals surface area (Å²) in [7, 11) is 0. The largest absolute Gasteiger partial charge is 0.435 e. The zero-order chi connectivity index (χ0) is 33.7. The van der Waals surface area contributed by atoms with E-state index in [1.807, 2.05) is 36.4 Å². The molecule has 0 amide bonds. The highest BCUT2D eigenvalue weighted by molar-refractivity contribution is 6.17. The van der Waals surface area contributed by atoms with Gasteiger partial charge in [-0.3, -0.25) is 0 Å². The number of aromatic nitrogens is 2. The first kappa shape index (κ1) is 29.0. The van der Waals surface area contributed by atoms with E-state index in [0.29, 0.717) is 5.89 Å². The number of hydrogen-bond donors (Lipinski definition) is 0. The normalized spacial score (nSPS) is 11.5. The quantitative estimate of drug-likeness (QED) is 0.179. The minimum Gasteiger partial charge on any atom is -0.435 e. The number of para-hydroxylation sites is 3. The van der Waals surface area contributed by atoms with Gasteiger partial charge in [0, 0.05) is 38.8 Å². The first-order chi connectivity index (χ1) is 25.3. The van der Waals surface area contributed by atoms with Crippen LogP contribution in [0.5, 0.6) is 0 Å². The molecule has 51 heavy (non-hydrogen) atoms. The van der Waals surface area contributed by atoms with Crippen molar-refractivity contribution in [1.29, 1.82) is 0 Å². The van der Waals surface area contributed by atoms with Gasteiger partial charge < -0.3 is 13.9 Å². The number of nitrogens with zero attached hydrogens (tertiary/aromatic N) is 3. The number of oxazole rings is 1. The highest BCUT2D eigenvalue weighted by Gasteiger charge is 2.21. The molecule has 0 aliphatic rings. The molecule has 0 aliphatic carbocycles. The smallest absolute Gasteiger partial charge is 0.227 e. The molecule has 2 heterocycles. The Morgan fingerprint density at radius 2 is 1.14 bits per heavy atom. The van der Waals surface area contributed by atoms with Gasteiger partial charge in [0.15, 0.2) is 5.58 Å². The van der Waals surface area contributed by atoms with E-state index in [9.17, 15) is 0 Å². The number of anilines is 3. The Morgan fingerprint density at radius 1 is 0.471 bits per heavy atom. The first-order valence-corrected chi connectivity index (χ1v) is 17.2. The summed E-state index contributed by atoms with van der Waals surface area (Å²) in [6, 6.07) is 66.2. The van der Waals surface area contributed by atoms with Crippen LogP contribution >= 0.6 is 0 Å². The minimum absolute atomic E-state index is 0.629.